The van der Waals surface area contributed by atoms with Crippen LogP contribution < -0.4 is 0 Å². The second kappa shape index (κ2) is 12.3. The zero-order chi connectivity index (χ0) is 34.4. The normalized spacial score (nSPS) is 11.5. The number of para-hydroxylation sites is 4. The van der Waals surface area contributed by atoms with Gasteiger partial charge in [0, 0.05) is 27.8 Å². The molecule has 5 heteroatoms. The molecule has 3 aromatic heterocycles. The van der Waals surface area contributed by atoms with Gasteiger partial charge in [0.25, 0.3) is 0 Å². The highest BCUT2D eigenvalue weighted by molar-refractivity contribution is 6.14. The summed E-state index contributed by atoms with van der Waals surface area (Å²) >= 11 is 0. The third kappa shape index (κ3) is 5.15. The van der Waals surface area contributed by atoms with Crippen molar-refractivity contribution in [2.45, 2.75) is 0 Å². The van der Waals surface area contributed by atoms with Gasteiger partial charge in [0.2, 0.25) is 5.89 Å². The maximum absolute atomic E-state index is 6.08. The SMILES string of the molecule is c1ccc(-c2nc(-c3cccc(-c4cccc(-c5cccc(-c6nc7ccccc7o6)c5)c4)c3)nc3c2c2ccccc2n3-c2ccccc2)cc1. The van der Waals surface area contributed by atoms with Gasteiger partial charge in [-0.15, -0.1) is 0 Å². The van der Waals surface area contributed by atoms with Gasteiger partial charge >= 0.3 is 0 Å². The summed E-state index contributed by atoms with van der Waals surface area (Å²) < 4.78 is 8.34. The Kier molecular flexibility index (Phi) is 7.07. The maximum Gasteiger partial charge on any atom is 0.227 e. The zero-order valence-corrected chi connectivity index (χ0v) is 28.0. The van der Waals surface area contributed by atoms with Crippen molar-refractivity contribution in [2.24, 2.45) is 0 Å². The molecule has 0 spiro atoms. The van der Waals surface area contributed by atoms with Gasteiger partial charge in [-0.25, -0.2) is 15.0 Å². The Bertz CT molecular complexity index is 2870. The van der Waals surface area contributed by atoms with Crippen molar-refractivity contribution in [3.63, 3.8) is 0 Å². The van der Waals surface area contributed by atoms with Crippen LogP contribution in [0, 0.1) is 0 Å². The standard InChI is InChI=1S/C47H30N4O/c1-3-14-31(15-4-1)44-43-39-24-7-9-26-41(39)51(38-22-5-2-6-23-38)46(43)50-45(49-44)36-20-12-18-34(29-36)32-16-11-17-33(28-32)35-19-13-21-37(30-35)47-48-40-25-8-10-27-42(40)52-47/h1-30H. The van der Waals surface area contributed by atoms with Crippen molar-refractivity contribution >= 4 is 33.0 Å². The largest absolute Gasteiger partial charge is 0.436 e. The maximum atomic E-state index is 6.08. The number of hydrogen-bond donors (Lipinski definition) is 0. The van der Waals surface area contributed by atoms with Crippen LogP contribution in [0.15, 0.2) is 186 Å². The summed E-state index contributed by atoms with van der Waals surface area (Å²) in [5.41, 5.74) is 12.9. The van der Waals surface area contributed by atoms with Crippen molar-refractivity contribution in [3.05, 3.63) is 182 Å². The summed E-state index contributed by atoms with van der Waals surface area (Å²) in [6, 6.07) is 62.8. The van der Waals surface area contributed by atoms with Gasteiger partial charge < -0.3 is 4.42 Å². The first-order valence-corrected chi connectivity index (χ1v) is 17.4. The fraction of sp³-hybridized carbons (Fsp3) is 0. The van der Waals surface area contributed by atoms with E-state index in [0.29, 0.717) is 11.7 Å². The fourth-order valence-corrected chi connectivity index (χ4v) is 7.17. The molecule has 0 aliphatic rings. The molecule has 7 aromatic carbocycles. The van der Waals surface area contributed by atoms with Crippen molar-refractivity contribution in [2.75, 3.05) is 0 Å². The molecular weight excluding hydrogens is 637 g/mol. The van der Waals surface area contributed by atoms with Crippen LogP contribution in [-0.4, -0.2) is 19.5 Å². The highest BCUT2D eigenvalue weighted by atomic mass is 16.3. The van der Waals surface area contributed by atoms with Gasteiger partial charge in [0.1, 0.15) is 11.2 Å². The van der Waals surface area contributed by atoms with Crippen LogP contribution in [-0.2, 0) is 0 Å². The van der Waals surface area contributed by atoms with Gasteiger partial charge in [-0.1, -0.05) is 127 Å². The molecule has 0 unspecified atom stereocenters. The first-order valence-electron chi connectivity index (χ1n) is 17.4. The zero-order valence-electron chi connectivity index (χ0n) is 28.0. The number of hydrogen-bond acceptors (Lipinski definition) is 4. The first-order chi connectivity index (χ1) is 25.8. The summed E-state index contributed by atoms with van der Waals surface area (Å²) in [7, 11) is 0. The van der Waals surface area contributed by atoms with Gasteiger partial charge in [0.05, 0.1) is 16.6 Å². The average Bonchev–Trinajstić information content (AvgIpc) is 3.81. The molecule has 3 heterocycles. The van der Waals surface area contributed by atoms with Crippen molar-refractivity contribution < 1.29 is 4.42 Å². The molecule has 0 saturated heterocycles. The van der Waals surface area contributed by atoms with Gasteiger partial charge in [0.15, 0.2) is 11.4 Å². The number of nitrogens with zero attached hydrogens (tertiary/aromatic N) is 4. The average molecular weight is 667 g/mol. The second-order valence-electron chi connectivity index (χ2n) is 12.9. The second-order valence-corrected chi connectivity index (χ2v) is 12.9. The van der Waals surface area contributed by atoms with Crippen LogP contribution in [0.5, 0.6) is 0 Å². The highest BCUT2D eigenvalue weighted by Crippen LogP contribution is 2.39. The Morgan fingerprint density at radius 1 is 0.423 bits per heavy atom. The molecule has 244 valence electrons. The number of rotatable bonds is 6. The van der Waals surface area contributed by atoms with E-state index in [1.807, 2.05) is 42.5 Å². The highest BCUT2D eigenvalue weighted by Gasteiger charge is 2.21. The van der Waals surface area contributed by atoms with E-state index >= 15 is 0 Å². The Morgan fingerprint density at radius 2 is 0.981 bits per heavy atom. The van der Waals surface area contributed by atoms with Crippen LogP contribution in [0.2, 0.25) is 0 Å². The van der Waals surface area contributed by atoms with Crippen molar-refractivity contribution in [1.82, 2.24) is 19.5 Å². The lowest BCUT2D eigenvalue weighted by atomic mass is 9.97. The van der Waals surface area contributed by atoms with E-state index < -0.39 is 0 Å². The van der Waals surface area contributed by atoms with Crippen LogP contribution >= 0.6 is 0 Å². The summed E-state index contributed by atoms with van der Waals surface area (Å²) in [6.07, 6.45) is 0. The molecule has 52 heavy (non-hydrogen) atoms. The van der Waals surface area contributed by atoms with Crippen LogP contribution in [0.3, 0.4) is 0 Å². The quantitative estimate of drug-likeness (QED) is 0.177. The number of aromatic nitrogens is 4. The fourth-order valence-electron chi connectivity index (χ4n) is 7.17. The summed E-state index contributed by atoms with van der Waals surface area (Å²) in [4.78, 5) is 15.4. The van der Waals surface area contributed by atoms with E-state index in [9.17, 15) is 0 Å². The molecule has 0 aliphatic carbocycles. The molecular formula is C47H30N4O. The lowest BCUT2D eigenvalue weighted by molar-refractivity contribution is 0.620. The van der Waals surface area contributed by atoms with Crippen LogP contribution in [0.25, 0.3) is 95.1 Å². The molecule has 10 aromatic rings. The predicted molar refractivity (Wildman–Crippen MR) is 211 cm³/mol. The minimum Gasteiger partial charge on any atom is -0.436 e. The lowest BCUT2D eigenvalue weighted by Gasteiger charge is -2.11. The molecule has 0 saturated carbocycles. The molecule has 10 rings (SSSR count). The smallest absolute Gasteiger partial charge is 0.227 e. The number of benzene rings is 7. The van der Waals surface area contributed by atoms with Gasteiger partial charge in [-0.05, 0) is 76.9 Å². The van der Waals surface area contributed by atoms with Gasteiger partial charge in [-0.2, -0.15) is 0 Å². The van der Waals surface area contributed by atoms with E-state index in [4.69, 9.17) is 19.4 Å². The van der Waals surface area contributed by atoms with E-state index in [1.54, 1.807) is 0 Å². The minimum atomic E-state index is 0.616. The molecule has 0 amide bonds. The van der Waals surface area contributed by atoms with E-state index in [-0.39, 0.29) is 0 Å². The van der Waals surface area contributed by atoms with Crippen LogP contribution in [0.4, 0.5) is 0 Å². The monoisotopic (exact) mass is 666 g/mol. The summed E-state index contributed by atoms with van der Waals surface area (Å²) in [5, 5.41) is 2.16. The van der Waals surface area contributed by atoms with Gasteiger partial charge in [-0.3, -0.25) is 4.57 Å². The molecule has 0 N–H and O–H groups in total. The minimum absolute atomic E-state index is 0.616. The van der Waals surface area contributed by atoms with Crippen molar-refractivity contribution in [1.29, 1.82) is 0 Å². The molecule has 0 aliphatic heterocycles. The predicted octanol–water partition coefficient (Wildman–Crippen LogP) is 12.0. The Morgan fingerprint density at radius 3 is 1.71 bits per heavy atom. The molecule has 0 atom stereocenters. The van der Waals surface area contributed by atoms with E-state index in [1.165, 1.54) is 0 Å². The van der Waals surface area contributed by atoms with E-state index in [2.05, 4.69) is 144 Å². The molecule has 5 nitrogen and oxygen atoms in total. The summed E-state index contributed by atoms with van der Waals surface area (Å²) in [5.74, 6) is 1.29. The number of oxazole rings is 1. The molecule has 0 bridgehead atoms. The lowest BCUT2D eigenvalue weighted by Crippen LogP contribution is -1.99. The molecule has 0 fully saturated rings. The topological polar surface area (TPSA) is 56.7 Å². The Hall–Kier alpha value is -7.11. The Labute approximate surface area is 300 Å². The Balaban J connectivity index is 1.10. The van der Waals surface area contributed by atoms with Crippen molar-refractivity contribution in [3.8, 4) is 62.0 Å². The van der Waals surface area contributed by atoms with Crippen LogP contribution in [0.1, 0.15) is 0 Å². The summed E-state index contributed by atoms with van der Waals surface area (Å²) in [6.45, 7) is 0. The van der Waals surface area contributed by atoms with E-state index in [0.717, 1.165) is 83.4 Å². The first kappa shape index (κ1) is 29.8. The number of fused-ring (bicyclic) bond motifs is 4. The third-order valence-corrected chi connectivity index (χ3v) is 9.63. The molecule has 0 radical (unpaired) electrons. The third-order valence-electron chi connectivity index (χ3n) is 9.63.